The molecule has 0 unspecified atom stereocenters. The third kappa shape index (κ3) is 3.56. The molecule has 0 bridgehead atoms. The standard InChI is InChI=1S/C15H22N4/c1-15(2,3)9-10-17-13-11-7-5-6-8-12(11)18-14(16-4)19-13/h5-8H,9-10H2,1-4H3,(H2,16,17,18,19). The number of hydrogen-bond donors (Lipinski definition) is 2. The molecule has 0 radical (unpaired) electrons. The second-order valence-electron chi connectivity index (χ2n) is 5.90. The van der Waals surface area contributed by atoms with E-state index in [-0.39, 0.29) is 0 Å². The van der Waals surface area contributed by atoms with Crippen molar-refractivity contribution in [2.75, 3.05) is 24.2 Å². The van der Waals surface area contributed by atoms with Gasteiger partial charge in [0, 0.05) is 19.0 Å². The first-order valence-corrected chi connectivity index (χ1v) is 6.68. The van der Waals surface area contributed by atoms with Gasteiger partial charge in [-0.05, 0) is 24.0 Å². The number of nitrogens with one attached hydrogen (secondary N) is 2. The lowest BCUT2D eigenvalue weighted by molar-refractivity contribution is 0.389. The minimum atomic E-state index is 0.321. The highest BCUT2D eigenvalue weighted by Crippen LogP contribution is 2.23. The molecule has 0 saturated carbocycles. The third-order valence-corrected chi connectivity index (χ3v) is 2.99. The van der Waals surface area contributed by atoms with Gasteiger partial charge in [0.25, 0.3) is 0 Å². The van der Waals surface area contributed by atoms with Gasteiger partial charge in [-0.25, -0.2) is 4.98 Å². The van der Waals surface area contributed by atoms with Crippen LogP contribution in [0.3, 0.4) is 0 Å². The summed E-state index contributed by atoms with van der Waals surface area (Å²) in [5.74, 6) is 1.55. The van der Waals surface area contributed by atoms with Crippen LogP contribution < -0.4 is 10.6 Å². The molecule has 1 heterocycles. The van der Waals surface area contributed by atoms with Gasteiger partial charge in [0.2, 0.25) is 5.95 Å². The maximum atomic E-state index is 4.51. The van der Waals surface area contributed by atoms with Gasteiger partial charge in [0.05, 0.1) is 5.52 Å². The molecule has 0 atom stereocenters. The van der Waals surface area contributed by atoms with Crippen molar-refractivity contribution in [2.45, 2.75) is 27.2 Å². The summed E-state index contributed by atoms with van der Waals surface area (Å²) in [6.07, 6.45) is 1.10. The van der Waals surface area contributed by atoms with Crippen LogP contribution in [0.15, 0.2) is 24.3 Å². The Bertz CT molecular complexity index is 558. The van der Waals surface area contributed by atoms with E-state index in [4.69, 9.17) is 0 Å². The zero-order valence-electron chi connectivity index (χ0n) is 12.1. The van der Waals surface area contributed by atoms with Crippen LogP contribution in [-0.4, -0.2) is 23.6 Å². The highest BCUT2D eigenvalue weighted by molar-refractivity contribution is 5.89. The molecule has 0 spiro atoms. The van der Waals surface area contributed by atoms with Crippen molar-refractivity contribution in [3.63, 3.8) is 0 Å². The molecule has 0 aliphatic rings. The van der Waals surface area contributed by atoms with E-state index in [1.54, 1.807) is 0 Å². The predicted molar refractivity (Wildman–Crippen MR) is 81.6 cm³/mol. The molecule has 2 rings (SSSR count). The molecule has 0 amide bonds. The Labute approximate surface area is 114 Å². The van der Waals surface area contributed by atoms with E-state index < -0.39 is 0 Å². The van der Waals surface area contributed by atoms with Gasteiger partial charge in [-0.15, -0.1) is 0 Å². The Balaban J connectivity index is 2.25. The van der Waals surface area contributed by atoms with Crippen LogP contribution in [0, 0.1) is 5.41 Å². The van der Waals surface area contributed by atoms with Gasteiger partial charge >= 0.3 is 0 Å². The first-order chi connectivity index (χ1) is 8.99. The largest absolute Gasteiger partial charge is 0.369 e. The predicted octanol–water partition coefficient (Wildman–Crippen LogP) is 3.52. The van der Waals surface area contributed by atoms with E-state index >= 15 is 0 Å². The molecule has 4 heteroatoms. The van der Waals surface area contributed by atoms with Crippen molar-refractivity contribution in [1.82, 2.24) is 9.97 Å². The lowest BCUT2D eigenvalue weighted by Crippen LogP contribution is -2.14. The Morgan fingerprint density at radius 3 is 2.53 bits per heavy atom. The zero-order valence-corrected chi connectivity index (χ0v) is 12.1. The molecule has 1 aromatic heterocycles. The molecule has 19 heavy (non-hydrogen) atoms. The van der Waals surface area contributed by atoms with Crippen LogP contribution >= 0.6 is 0 Å². The lowest BCUT2D eigenvalue weighted by atomic mass is 9.92. The molecule has 1 aromatic carbocycles. The van der Waals surface area contributed by atoms with E-state index in [1.807, 2.05) is 31.3 Å². The second kappa shape index (κ2) is 5.43. The van der Waals surface area contributed by atoms with E-state index in [1.165, 1.54) is 0 Å². The Morgan fingerprint density at radius 2 is 1.84 bits per heavy atom. The maximum absolute atomic E-state index is 4.51. The number of rotatable bonds is 4. The van der Waals surface area contributed by atoms with E-state index in [9.17, 15) is 0 Å². The van der Waals surface area contributed by atoms with Gasteiger partial charge in [0.15, 0.2) is 0 Å². The lowest BCUT2D eigenvalue weighted by Gasteiger charge is -2.18. The summed E-state index contributed by atoms with van der Waals surface area (Å²) in [6, 6.07) is 8.06. The molecular weight excluding hydrogens is 236 g/mol. The number of anilines is 2. The minimum absolute atomic E-state index is 0.321. The van der Waals surface area contributed by atoms with Crippen molar-refractivity contribution < 1.29 is 0 Å². The van der Waals surface area contributed by atoms with Gasteiger partial charge in [-0.1, -0.05) is 32.9 Å². The van der Waals surface area contributed by atoms with E-state index in [2.05, 4.69) is 41.4 Å². The molecule has 102 valence electrons. The molecule has 0 fully saturated rings. The molecule has 2 aromatic rings. The number of para-hydroxylation sites is 1. The molecular formula is C15H22N4. The monoisotopic (exact) mass is 258 g/mol. The summed E-state index contributed by atoms with van der Waals surface area (Å²) < 4.78 is 0. The van der Waals surface area contributed by atoms with Gasteiger partial charge < -0.3 is 10.6 Å². The third-order valence-electron chi connectivity index (χ3n) is 2.99. The van der Waals surface area contributed by atoms with Crippen LogP contribution in [0.4, 0.5) is 11.8 Å². The van der Waals surface area contributed by atoms with Crippen molar-refractivity contribution in [3.8, 4) is 0 Å². The van der Waals surface area contributed by atoms with Crippen LogP contribution in [0.5, 0.6) is 0 Å². The number of aromatic nitrogens is 2. The molecule has 0 aliphatic carbocycles. The molecule has 0 aliphatic heterocycles. The highest BCUT2D eigenvalue weighted by atomic mass is 15.1. The fraction of sp³-hybridized carbons (Fsp3) is 0.467. The highest BCUT2D eigenvalue weighted by Gasteiger charge is 2.11. The summed E-state index contributed by atoms with van der Waals surface area (Å²) in [7, 11) is 1.84. The Hall–Kier alpha value is -1.84. The van der Waals surface area contributed by atoms with E-state index in [0.717, 1.165) is 29.7 Å². The smallest absolute Gasteiger partial charge is 0.224 e. The fourth-order valence-corrected chi connectivity index (χ4v) is 1.88. The van der Waals surface area contributed by atoms with Crippen LogP contribution in [0.2, 0.25) is 0 Å². The van der Waals surface area contributed by atoms with Crippen molar-refractivity contribution >= 4 is 22.7 Å². The van der Waals surface area contributed by atoms with Crippen molar-refractivity contribution in [3.05, 3.63) is 24.3 Å². The number of hydrogen-bond acceptors (Lipinski definition) is 4. The number of fused-ring (bicyclic) bond motifs is 1. The molecule has 2 N–H and O–H groups in total. The average molecular weight is 258 g/mol. The Morgan fingerprint density at radius 1 is 1.11 bits per heavy atom. The molecule has 0 saturated heterocycles. The summed E-state index contributed by atoms with van der Waals surface area (Å²) in [6.45, 7) is 7.64. The fourth-order valence-electron chi connectivity index (χ4n) is 1.88. The summed E-state index contributed by atoms with van der Waals surface area (Å²) >= 11 is 0. The van der Waals surface area contributed by atoms with Crippen molar-refractivity contribution in [1.29, 1.82) is 0 Å². The van der Waals surface area contributed by atoms with E-state index in [0.29, 0.717) is 11.4 Å². The quantitative estimate of drug-likeness (QED) is 0.881. The van der Waals surface area contributed by atoms with Crippen LogP contribution in [-0.2, 0) is 0 Å². The number of benzene rings is 1. The second-order valence-corrected chi connectivity index (χ2v) is 5.90. The SMILES string of the molecule is CNc1nc(NCCC(C)(C)C)c2ccccc2n1. The first-order valence-electron chi connectivity index (χ1n) is 6.68. The zero-order chi connectivity index (χ0) is 13.9. The summed E-state index contributed by atoms with van der Waals surface area (Å²) in [5.41, 5.74) is 1.28. The summed E-state index contributed by atoms with van der Waals surface area (Å²) in [5, 5.41) is 7.50. The normalized spacial score (nSPS) is 11.6. The van der Waals surface area contributed by atoms with Crippen LogP contribution in [0.1, 0.15) is 27.2 Å². The Kier molecular flexibility index (Phi) is 3.88. The van der Waals surface area contributed by atoms with Gasteiger partial charge in [0.1, 0.15) is 5.82 Å². The minimum Gasteiger partial charge on any atom is -0.369 e. The maximum Gasteiger partial charge on any atom is 0.224 e. The van der Waals surface area contributed by atoms with Gasteiger partial charge in [-0.3, -0.25) is 0 Å². The van der Waals surface area contributed by atoms with Gasteiger partial charge in [-0.2, -0.15) is 4.98 Å². The molecule has 4 nitrogen and oxygen atoms in total. The van der Waals surface area contributed by atoms with Crippen LogP contribution in [0.25, 0.3) is 10.9 Å². The topological polar surface area (TPSA) is 49.8 Å². The summed E-state index contributed by atoms with van der Waals surface area (Å²) in [4.78, 5) is 8.95. The average Bonchev–Trinajstić information content (AvgIpc) is 2.37. The first kappa shape index (κ1) is 13.6. The van der Waals surface area contributed by atoms with Crippen molar-refractivity contribution in [2.24, 2.45) is 5.41 Å². The number of nitrogens with zero attached hydrogens (tertiary/aromatic N) is 2.